The van der Waals surface area contributed by atoms with Crippen LogP contribution in [0.3, 0.4) is 0 Å². The minimum Gasteiger partial charge on any atom is -1.00 e. The van der Waals surface area contributed by atoms with E-state index in [0.717, 1.165) is 22.7 Å². The number of carbonyl (C=O) groups is 1. The molecule has 0 fully saturated rings. The highest BCUT2D eigenvalue weighted by Gasteiger charge is 2.29. The Hall–Kier alpha value is -3.09. The fourth-order valence-corrected chi connectivity index (χ4v) is 3.40. The monoisotopic (exact) mass is 502 g/mol. The molecular weight excluding hydrogens is 471 g/mol. The molecule has 2 N–H and O–H groups in total. The number of rotatable bonds is 4. The van der Waals surface area contributed by atoms with Gasteiger partial charge in [-0.15, -0.1) is 0 Å². The van der Waals surface area contributed by atoms with E-state index >= 15 is 0 Å². The molecule has 0 saturated heterocycles. The smallest absolute Gasteiger partial charge is 0.284 e. The SMILES string of the molecule is CC(=O)n1c(C)c(NC(C)(C)C)[n+]2cccc(OCc3ccccc3)c12.[Cl-].[Cl-].c1cc[nH+]cc1. The number of nitrogens with zero attached hydrogens (tertiary/aromatic N) is 2. The molecule has 3 aromatic heterocycles. The third-order valence-electron chi connectivity index (χ3n) is 4.71. The molecule has 6 nitrogen and oxygen atoms in total. The summed E-state index contributed by atoms with van der Waals surface area (Å²) in [6.45, 7) is 10.3. The summed E-state index contributed by atoms with van der Waals surface area (Å²) in [5.74, 6) is 1.53. The predicted molar refractivity (Wildman–Crippen MR) is 126 cm³/mol. The molecule has 3 heterocycles. The zero-order valence-corrected chi connectivity index (χ0v) is 21.7. The fraction of sp³-hybridized carbons (Fsp3) is 0.269. The van der Waals surface area contributed by atoms with Crippen molar-refractivity contribution in [2.24, 2.45) is 0 Å². The molecular formula is C26H32Cl2N4O2. The Morgan fingerprint density at radius 2 is 1.62 bits per heavy atom. The maximum atomic E-state index is 12.4. The molecule has 4 rings (SSSR count). The van der Waals surface area contributed by atoms with Crippen molar-refractivity contribution in [3.8, 4) is 5.75 Å². The first-order valence-corrected chi connectivity index (χ1v) is 10.7. The van der Waals surface area contributed by atoms with E-state index < -0.39 is 0 Å². The summed E-state index contributed by atoms with van der Waals surface area (Å²) in [6.07, 6.45) is 5.70. The third-order valence-corrected chi connectivity index (χ3v) is 4.71. The summed E-state index contributed by atoms with van der Waals surface area (Å²) >= 11 is 0. The highest BCUT2D eigenvalue weighted by Crippen LogP contribution is 2.25. The number of benzene rings is 1. The Labute approximate surface area is 213 Å². The number of aromatic amines is 1. The molecule has 34 heavy (non-hydrogen) atoms. The van der Waals surface area contributed by atoms with Gasteiger partial charge in [-0.3, -0.25) is 10.1 Å². The van der Waals surface area contributed by atoms with Crippen LogP contribution in [-0.4, -0.2) is 16.0 Å². The maximum Gasteiger partial charge on any atom is 0.284 e. The van der Waals surface area contributed by atoms with Gasteiger partial charge in [0.25, 0.3) is 17.4 Å². The third kappa shape index (κ3) is 7.47. The highest BCUT2D eigenvalue weighted by atomic mass is 35.5. The fourth-order valence-electron chi connectivity index (χ4n) is 3.40. The summed E-state index contributed by atoms with van der Waals surface area (Å²) in [5, 5.41) is 3.50. The lowest BCUT2D eigenvalue weighted by Gasteiger charge is -2.16. The first-order valence-electron chi connectivity index (χ1n) is 10.7. The lowest BCUT2D eigenvalue weighted by atomic mass is 10.1. The molecule has 182 valence electrons. The second-order valence-corrected chi connectivity index (χ2v) is 8.58. The summed E-state index contributed by atoms with van der Waals surface area (Å²) in [5.41, 5.74) is 2.55. The number of anilines is 1. The van der Waals surface area contributed by atoms with Gasteiger partial charge in [0, 0.05) is 19.1 Å². The standard InChI is InChI=1S/C21H26N3O2.C5H5N.2ClH/c1-15-19(22-21(3,4)5)23-13-9-12-18(20(23)24(15)16(2)25)26-14-17-10-7-6-8-11-17;1-2-4-6-5-3-1;;/h6-13,22H,14H2,1-5H3;1-5H;2*1H/q+1;;;/p-1. The van der Waals surface area contributed by atoms with Crippen molar-refractivity contribution in [1.82, 2.24) is 4.57 Å². The molecule has 8 heteroatoms. The van der Waals surface area contributed by atoms with Crippen LogP contribution in [0, 0.1) is 6.92 Å². The van der Waals surface area contributed by atoms with E-state index in [4.69, 9.17) is 4.74 Å². The molecule has 0 spiro atoms. The van der Waals surface area contributed by atoms with E-state index in [2.05, 4.69) is 31.1 Å². The van der Waals surface area contributed by atoms with E-state index in [-0.39, 0.29) is 36.3 Å². The number of ether oxygens (including phenoxy) is 1. The van der Waals surface area contributed by atoms with E-state index in [0.29, 0.717) is 12.4 Å². The number of nitrogens with one attached hydrogen (secondary N) is 2. The van der Waals surface area contributed by atoms with Crippen molar-refractivity contribution >= 4 is 17.4 Å². The molecule has 0 aliphatic rings. The van der Waals surface area contributed by atoms with E-state index in [1.807, 2.05) is 90.6 Å². The molecule has 0 bridgehead atoms. The number of halogens is 2. The number of hydrogen-bond acceptors (Lipinski definition) is 3. The van der Waals surface area contributed by atoms with Crippen molar-refractivity contribution in [3.63, 3.8) is 0 Å². The number of imidazole rings is 1. The molecule has 0 amide bonds. The zero-order valence-electron chi connectivity index (χ0n) is 20.2. The van der Waals surface area contributed by atoms with Crippen LogP contribution in [0.25, 0.3) is 5.65 Å². The van der Waals surface area contributed by atoms with Crippen LogP contribution in [0.15, 0.2) is 79.3 Å². The van der Waals surface area contributed by atoms with Gasteiger partial charge in [-0.25, -0.2) is 4.98 Å². The van der Waals surface area contributed by atoms with E-state index in [1.165, 1.54) is 0 Å². The first kappa shape index (κ1) is 28.9. The Morgan fingerprint density at radius 1 is 1.00 bits per heavy atom. The molecule has 0 aliphatic carbocycles. The lowest BCUT2D eigenvalue weighted by Crippen LogP contribution is -3.00. The van der Waals surface area contributed by atoms with Crippen LogP contribution < -0.4 is 44.3 Å². The van der Waals surface area contributed by atoms with Gasteiger partial charge >= 0.3 is 0 Å². The van der Waals surface area contributed by atoms with Gasteiger partial charge in [0.05, 0.1) is 11.7 Å². The summed E-state index contributed by atoms with van der Waals surface area (Å²) in [7, 11) is 0. The number of aromatic nitrogens is 3. The largest absolute Gasteiger partial charge is 1.00 e. The Balaban J connectivity index is 0.000000631. The second-order valence-electron chi connectivity index (χ2n) is 8.58. The van der Waals surface area contributed by atoms with Crippen LogP contribution in [0.4, 0.5) is 5.82 Å². The van der Waals surface area contributed by atoms with Crippen LogP contribution in [-0.2, 0) is 6.61 Å². The Morgan fingerprint density at radius 3 is 2.12 bits per heavy atom. The van der Waals surface area contributed by atoms with Crippen LogP contribution in [0.1, 0.15) is 43.7 Å². The second kappa shape index (κ2) is 13.0. The maximum absolute atomic E-state index is 12.4. The zero-order chi connectivity index (χ0) is 23.1. The molecule has 0 radical (unpaired) electrons. The molecule has 0 aliphatic heterocycles. The van der Waals surface area contributed by atoms with Gasteiger partial charge in [-0.05, 0) is 45.4 Å². The van der Waals surface area contributed by atoms with Gasteiger partial charge in [0.1, 0.15) is 6.61 Å². The summed E-state index contributed by atoms with van der Waals surface area (Å²) in [6, 6.07) is 19.7. The Bertz CT molecular complexity index is 1150. The highest BCUT2D eigenvalue weighted by molar-refractivity contribution is 5.83. The van der Waals surface area contributed by atoms with Crippen molar-refractivity contribution in [2.75, 3.05) is 5.32 Å². The van der Waals surface area contributed by atoms with Gasteiger partial charge in [0.2, 0.25) is 0 Å². The summed E-state index contributed by atoms with van der Waals surface area (Å²) in [4.78, 5) is 15.2. The van der Waals surface area contributed by atoms with Crippen LogP contribution >= 0.6 is 0 Å². The van der Waals surface area contributed by atoms with Crippen molar-refractivity contribution in [1.29, 1.82) is 0 Å². The molecule has 4 aromatic rings. The predicted octanol–water partition coefficient (Wildman–Crippen LogP) is -1.51. The van der Waals surface area contributed by atoms with Gasteiger partial charge < -0.3 is 29.6 Å². The quantitative estimate of drug-likeness (QED) is 0.345. The number of fused-ring (bicyclic) bond motifs is 1. The van der Waals surface area contributed by atoms with Gasteiger partial charge in [0.15, 0.2) is 23.8 Å². The lowest BCUT2D eigenvalue weighted by molar-refractivity contribution is -0.496. The number of hydrogen-bond donors (Lipinski definition) is 1. The normalized spacial score (nSPS) is 10.3. The average Bonchev–Trinajstić information content (AvgIpc) is 3.05. The van der Waals surface area contributed by atoms with Gasteiger partial charge in [-0.2, -0.15) is 8.97 Å². The van der Waals surface area contributed by atoms with E-state index in [9.17, 15) is 4.79 Å². The van der Waals surface area contributed by atoms with Crippen molar-refractivity contribution < 1.29 is 43.7 Å². The minimum absolute atomic E-state index is 0. The molecule has 1 aromatic carbocycles. The topological polar surface area (TPSA) is 61.5 Å². The Kier molecular flexibility index (Phi) is 11.0. The number of pyridine rings is 2. The number of carbonyl (C=O) groups excluding carboxylic acids is 1. The number of H-pyrrole nitrogens is 1. The molecule has 0 saturated carbocycles. The van der Waals surface area contributed by atoms with Crippen LogP contribution in [0.5, 0.6) is 5.75 Å². The van der Waals surface area contributed by atoms with Crippen LogP contribution in [0.2, 0.25) is 0 Å². The van der Waals surface area contributed by atoms with Gasteiger partial charge in [-0.1, -0.05) is 36.4 Å². The molecule has 0 unspecified atom stereocenters. The minimum atomic E-state index is -0.130. The van der Waals surface area contributed by atoms with E-state index in [1.54, 1.807) is 11.5 Å². The molecule has 0 atom stereocenters. The van der Waals surface area contributed by atoms with Crippen molar-refractivity contribution in [2.45, 2.75) is 46.8 Å². The van der Waals surface area contributed by atoms with Crippen molar-refractivity contribution in [3.05, 3.63) is 90.5 Å². The summed E-state index contributed by atoms with van der Waals surface area (Å²) < 4.78 is 9.76. The first-order chi connectivity index (χ1) is 15.3. The average molecular weight is 503 g/mol.